The Balaban J connectivity index is 1.64. The zero-order chi connectivity index (χ0) is 23.6. The maximum atomic E-state index is 14.0. The van der Waals surface area contributed by atoms with Crippen LogP contribution < -0.4 is 4.90 Å². The molecule has 2 heterocycles. The lowest BCUT2D eigenvalue weighted by molar-refractivity contribution is -0.137. The number of anilines is 1. The van der Waals surface area contributed by atoms with Gasteiger partial charge in [0, 0.05) is 29.4 Å². The molecule has 1 saturated heterocycles. The molecular weight excluding hydrogens is 427 g/mol. The SMILES string of the molecule is C[C](C)CCc1cccc(-c2noc(-c3ccc(N4CCCC[C@H]4C)c(C(F)(F)F)c3)n2)c1. The summed E-state index contributed by atoms with van der Waals surface area (Å²) in [5, 5.41) is 4.03. The van der Waals surface area contributed by atoms with Crippen LogP contribution in [0.2, 0.25) is 0 Å². The van der Waals surface area contributed by atoms with E-state index in [1.807, 2.05) is 36.1 Å². The van der Waals surface area contributed by atoms with E-state index in [-0.39, 0.29) is 23.2 Å². The molecule has 3 aromatic rings. The van der Waals surface area contributed by atoms with Crippen molar-refractivity contribution in [3.05, 3.63) is 59.5 Å². The quantitative estimate of drug-likeness (QED) is 0.389. The van der Waals surface area contributed by atoms with E-state index in [1.165, 1.54) is 12.0 Å². The second-order valence-electron chi connectivity index (χ2n) is 9.10. The van der Waals surface area contributed by atoms with Gasteiger partial charge in [-0.2, -0.15) is 18.2 Å². The highest BCUT2D eigenvalue weighted by Crippen LogP contribution is 2.41. The molecule has 1 aliphatic rings. The third kappa shape index (κ3) is 5.40. The number of alkyl halides is 3. The lowest BCUT2D eigenvalue weighted by atomic mass is 9.99. The molecule has 0 N–H and O–H groups in total. The highest BCUT2D eigenvalue weighted by atomic mass is 19.4. The summed E-state index contributed by atoms with van der Waals surface area (Å²) in [5.41, 5.74) is 1.75. The lowest BCUT2D eigenvalue weighted by Crippen LogP contribution is -2.38. The van der Waals surface area contributed by atoms with Crippen molar-refractivity contribution in [2.24, 2.45) is 0 Å². The summed E-state index contributed by atoms with van der Waals surface area (Å²) in [6.45, 7) is 6.80. The van der Waals surface area contributed by atoms with Crippen LogP contribution in [0.5, 0.6) is 0 Å². The Kier molecular flexibility index (Phi) is 6.77. The normalized spacial score (nSPS) is 17.1. The van der Waals surface area contributed by atoms with E-state index in [1.54, 1.807) is 6.07 Å². The minimum Gasteiger partial charge on any atom is -0.368 e. The maximum Gasteiger partial charge on any atom is 0.418 e. The molecule has 1 fully saturated rings. The molecule has 1 aromatic heterocycles. The number of halogens is 3. The van der Waals surface area contributed by atoms with Crippen molar-refractivity contribution in [1.29, 1.82) is 0 Å². The number of aromatic nitrogens is 2. The molecule has 1 radical (unpaired) electrons. The standard InChI is InChI=1S/C26H29F3N3O/c1-17(2)10-11-19-8-6-9-20(15-19)24-30-25(33-31-24)21-12-13-23(22(16-21)26(27,28)29)32-14-5-4-7-18(32)3/h6,8-9,12-13,15-16,18H,4-5,7,10-11,14H2,1-3H3/t18-/m1/s1. The van der Waals surface area contributed by atoms with Crippen LogP contribution in [-0.2, 0) is 12.6 Å². The Morgan fingerprint density at radius 2 is 1.91 bits per heavy atom. The van der Waals surface area contributed by atoms with Crippen molar-refractivity contribution in [1.82, 2.24) is 10.1 Å². The molecule has 0 bridgehead atoms. The molecular formula is C26H29F3N3O. The molecule has 4 rings (SSSR count). The molecule has 4 nitrogen and oxygen atoms in total. The van der Waals surface area contributed by atoms with Crippen LogP contribution in [0.25, 0.3) is 22.8 Å². The van der Waals surface area contributed by atoms with Crippen molar-refractivity contribution in [3.63, 3.8) is 0 Å². The van der Waals surface area contributed by atoms with Gasteiger partial charge in [0.1, 0.15) is 0 Å². The van der Waals surface area contributed by atoms with E-state index in [2.05, 4.69) is 24.0 Å². The van der Waals surface area contributed by atoms with Gasteiger partial charge < -0.3 is 9.42 Å². The lowest BCUT2D eigenvalue weighted by Gasteiger charge is -2.37. The minimum atomic E-state index is -4.48. The highest BCUT2D eigenvalue weighted by molar-refractivity contribution is 5.67. The molecule has 2 aromatic carbocycles. The van der Waals surface area contributed by atoms with E-state index < -0.39 is 11.7 Å². The van der Waals surface area contributed by atoms with Gasteiger partial charge in [-0.3, -0.25) is 0 Å². The second-order valence-corrected chi connectivity index (χ2v) is 9.10. The zero-order valence-electron chi connectivity index (χ0n) is 19.2. The van der Waals surface area contributed by atoms with Gasteiger partial charge in [0.15, 0.2) is 0 Å². The van der Waals surface area contributed by atoms with Crippen LogP contribution in [0.4, 0.5) is 18.9 Å². The molecule has 0 saturated carbocycles. The van der Waals surface area contributed by atoms with Gasteiger partial charge in [-0.05, 0) is 74.8 Å². The number of nitrogens with zero attached hydrogens (tertiary/aromatic N) is 3. The maximum absolute atomic E-state index is 14.0. The van der Waals surface area contributed by atoms with Gasteiger partial charge in [-0.1, -0.05) is 37.2 Å². The first-order chi connectivity index (χ1) is 15.7. The van der Waals surface area contributed by atoms with Gasteiger partial charge in [0.2, 0.25) is 5.82 Å². The summed E-state index contributed by atoms with van der Waals surface area (Å²) in [6.07, 6.45) is 0.245. The molecule has 0 aliphatic carbocycles. The number of piperidine rings is 1. The molecule has 175 valence electrons. The highest BCUT2D eigenvalue weighted by Gasteiger charge is 2.37. The van der Waals surface area contributed by atoms with Crippen molar-refractivity contribution in [3.8, 4) is 22.8 Å². The van der Waals surface area contributed by atoms with Crippen LogP contribution in [0.1, 0.15) is 57.6 Å². The fourth-order valence-electron chi connectivity index (χ4n) is 4.32. The topological polar surface area (TPSA) is 42.2 Å². The summed E-state index contributed by atoms with van der Waals surface area (Å²) in [6, 6.07) is 12.2. The van der Waals surface area contributed by atoms with E-state index in [4.69, 9.17) is 4.52 Å². The zero-order valence-corrected chi connectivity index (χ0v) is 19.2. The Morgan fingerprint density at radius 1 is 1.09 bits per heavy atom. The van der Waals surface area contributed by atoms with E-state index >= 15 is 0 Å². The first-order valence-electron chi connectivity index (χ1n) is 11.4. The van der Waals surface area contributed by atoms with Gasteiger partial charge in [0.25, 0.3) is 5.89 Å². The second kappa shape index (κ2) is 9.57. The number of hydrogen-bond acceptors (Lipinski definition) is 4. The number of benzene rings is 2. The van der Waals surface area contributed by atoms with Crippen molar-refractivity contribution >= 4 is 5.69 Å². The Labute approximate surface area is 192 Å². The monoisotopic (exact) mass is 456 g/mol. The summed E-state index contributed by atoms with van der Waals surface area (Å²) >= 11 is 0. The van der Waals surface area contributed by atoms with Crippen molar-refractivity contribution < 1.29 is 17.7 Å². The Bertz CT molecular complexity index is 1090. The predicted molar refractivity (Wildman–Crippen MR) is 124 cm³/mol. The van der Waals surface area contributed by atoms with Crippen LogP contribution in [0, 0.1) is 5.92 Å². The van der Waals surface area contributed by atoms with E-state index in [0.717, 1.165) is 49.3 Å². The summed E-state index contributed by atoms with van der Waals surface area (Å²) in [7, 11) is 0. The molecule has 0 amide bonds. The number of hydrogen-bond donors (Lipinski definition) is 0. The average Bonchev–Trinajstić information content (AvgIpc) is 3.28. The largest absolute Gasteiger partial charge is 0.418 e. The van der Waals surface area contributed by atoms with Crippen molar-refractivity contribution in [2.75, 3.05) is 11.4 Å². The summed E-state index contributed by atoms with van der Waals surface area (Å²) in [4.78, 5) is 6.26. The fourth-order valence-corrected chi connectivity index (χ4v) is 4.32. The van der Waals surface area contributed by atoms with Crippen molar-refractivity contribution in [2.45, 2.75) is 65.1 Å². The molecule has 0 spiro atoms. The summed E-state index contributed by atoms with van der Waals surface area (Å²) in [5.74, 6) is 1.80. The average molecular weight is 457 g/mol. The summed E-state index contributed by atoms with van der Waals surface area (Å²) < 4.78 is 47.3. The third-order valence-electron chi connectivity index (χ3n) is 6.19. The van der Waals surface area contributed by atoms with Crippen LogP contribution in [-0.4, -0.2) is 22.7 Å². The minimum absolute atomic E-state index is 0.0714. The molecule has 7 heteroatoms. The molecule has 33 heavy (non-hydrogen) atoms. The molecule has 0 unspecified atom stereocenters. The van der Waals surface area contributed by atoms with Crippen LogP contribution >= 0.6 is 0 Å². The smallest absolute Gasteiger partial charge is 0.368 e. The van der Waals surface area contributed by atoms with Gasteiger partial charge in [-0.15, -0.1) is 0 Å². The van der Waals surface area contributed by atoms with E-state index in [0.29, 0.717) is 12.4 Å². The first-order valence-corrected chi connectivity index (χ1v) is 11.4. The van der Waals surface area contributed by atoms with Crippen LogP contribution in [0.15, 0.2) is 47.0 Å². The number of aryl methyl sites for hydroxylation is 1. The fraction of sp³-hybridized carbons (Fsp3) is 0.423. The van der Waals surface area contributed by atoms with Gasteiger partial charge in [0.05, 0.1) is 5.56 Å². The van der Waals surface area contributed by atoms with Gasteiger partial charge >= 0.3 is 6.18 Å². The number of rotatable bonds is 6. The Hall–Kier alpha value is -2.83. The van der Waals surface area contributed by atoms with Crippen LogP contribution in [0.3, 0.4) is 0 Å². The predicted octanol–water partition coefficient (Wildman–Crippen LogP) is 7.35. The Morgan fingerprint density at radius 3 is 2.64 bits per heavy atom. The third-order valence-corrected chi connectivity index (χ3v) is 6.19. The molecule has 1 atom stereocenters. The first kappa shape index (κ1) is 23.3. The molecule has 1 aliphatic heterocycles. The van der Waals surface area contributed by atoms with E-state index in [9.17, 15) is 13.2 Å². The van der Waals surface area contributed by atoms with Gasteiger partial charge in [-0.25, -0.2) is 0 Å².